The first-order chi connectivity index (χ1) is 12.8. The fraction of sp³-hybridized carbons (Fsp3) is 0.250. The average molecular weight is 345 g/mol. The lowest BCUT2D eigenvalue weighted by atomic mass is 10.1. The highest BCUT2D eigenvalue weighted by Crippen LogP contribution is 2.23. The summed E-state index contributed by atoms with van der Waals surface area (Å²) in [7, 11) is 0. The van der Waals surface area contributed by atoms with Crippen molar-refractivity contribution in [2.24, 2.45) is 0 Å². The van der Waals surface area contributed by atoms with Crippen LogP contribution >= 0.6 is 0 Å². The van der Waals surface area contributed by atoms with Crippen LogP contribution < -0.4 is 0 Å². The van der Waals surface area contributed by atoms with Gasteiger partial charge in [0.05, 0.1) is 11.4 Å². The molecule has 0 amide bonds. The van der Waals surface area contributed by atoms with Gasteiger partial charge >= 0.3 is 0 Å². The Bertz CT molecular complexity index is 984. The van der Waals surface area contributed by atoms with Crippen molar-refractivity contribution < 1.29 is 4.52 Å². The maximum atomic E-state index is 5.22. The Hall–Kier alpha value is -3.15. The third-order valence-electron chi connectivity index (χ3n) is 4.95. The Morgan fingerprint density at radius 3 is 2.58 bits per heavy atom. The fourth-order valence-electron chi connectivity index (χ4n) is 3.43. The van der Waals surface area contributed by atoms with Gasteiger partial charge in [-0.3, -0.25) is 0 Å². The molecule has 5 rings (SSSR count). The van der Waals surface area contributed by atoms with Gasteiger partial charge in [-0.25, -0.2) is 4.68 Å². The number of benzene rings is 1. The van der Waals surface area contributed by atoms with Crippen molar-refractivity contribution in [1.82, 2.24) is 24.8 Å². The van der Waals surface area contributed by atoms with Crippen molar-refractivity contribution in [3.63, 3.8) is 0 Å². The van der Waals surface area contributed by atoms with Crippen LogP contribution in [0.2, 0.25) is 0 Å². The molecule has 0 saturated carbocycles. The summed E-state index contributed by atoms with van der Waals surface area (Å²) in [6.45, 7) is 3.89. The minimum absolute atomic E-state index is 0.546. The lowest BCUT2D eigenvalue weighted by molar-refractivity contribution is 0.368. The van der Waals surface area contributed by atoms with E-state index in [0.717, 1.165) is 37.2 Å². The monoisotopic (exact) mass is 345 g/mol. The zero-order valence-corrected chi connectivity index (χ0v) is 14.6. The molecule has 1 aliphatic heterocycles. The standard InChI is InChI=1S/C20H19N5O/c1-14-21-20(26-23-14)15-5-7-18(8-6-15)25-13-16-9-11-24(17-3-2-4-17)12-10-19(16)22-25/h2-8,13H,9-12H2,1H3. The van der Waals surface area contributed by atoms with Crippen LogP contribution in [0.1, 0.15) is 17.1 Å². The van der Waals surface area contributed by atoms with E-state index in [1.165, 1.54) is 17.0 Å². The Labute approximate surface area is 151 Å². The van der Waals surface area contributed by atoms with Gasteiger partial charge in [-0.2, -0.15) is 10.1 Å². The van der Waals surface area contributed by atoms with Gasteiger partial charge < -0.3 is 9.42 Å². The highest BCUT2D eigenvalue weighted by molar-refractivity contribution is 5.55. The molecule has 0 radical (unpaired) electrons. The lowest BCUT2D eigenvalue weighted by Crippen LogP contribution is -2.26. The van der Waals surface area contributed by atoms with Crippen LogP contribution in [0.25, 0.3) is 17.1 Å². The number of nitrogens with zero attached hydrogens (tertiary/aromatic N) is 5. The van der Waals surface area contributed by atoms with Gasteiger partial charge in [0.2, 0.25) is 0 Å². The second kappa shape index (κ2) is 5.98. The van der Waals surface area contributed by atoms with Crippen LogP contribution in [0.4, 0.5) is 0 Å². The van der Waals surface area contributed by atoms with E-state index in [0.29, 0.717) is 11.7 Å². The highest BCUT2D eigenvalue weighted by Gasteiger charge is 2.19. The smallest absolute Gasteiger partial charge is 0.257 e. The SMILES string of the molecule is Cc1noc(-c2ccc(-n3cc4c(n3)CCN(C3=CC=C3)CC4)cc2)n1. The van der Waals surface area contributed by atoms with Gasteiger partial charge in [0.15, 0.2) is 5.82 Å². The largest absolute Gasteiger partial charge is 0.371 e. The summed E-state index contributed by atoms with van der Waals surface area (Å²) in [6.07, 6.45) is 10.6. The van der Waals surface area contributed by atoms with Crippen molar-refractivity contribution in [1.29, 1.82) is 0 Å². The van der Waals surface area contributed by atoms with Crippen LogP contribution in [-0.4, -0.2) is 37.9 Å². The maximum Gasteiger partial charge on any atom is 0.257 e. The molecule has 0 fully saturated rings. The van der Waals surface area contributed by atoms with E-state index in [-0.39, 0.29) is 0 Å². The molecule has 6 heteroatoms. The van der Waals surface area contributed by atoms with E-state index >= 15 is 0 Å². The summed E-state index contributed by atoms with van der Waals surface area (Å²) in [5, 5.41) is 8.67. The highest BCUT2D eigenvalue weighted by atomic mass is 16.5. The zero-order chi connectivity index (χ0) is 17.5. The molecular weight excluding hydrogens is 326 g/mol. The predicted octanol–water partition coefficient (Wildman–Crippen LogP) is 3.09. The summed E-state index contributed by atoms with van der Waals surface area (Å²) in [4.78, 5) is 6.70. The predicted molar refractivity (Wildman–Crippen MR) is 97.8 cm³/mol. The van der Waals surface area contributed by atoms with Crippen LogP contribution in [0.15, 0.2) is 58.9 Å². The second-order valence-electron chi connectivity index (χ2n) is 6.68. The number of aromatic nitrogens is 4. The van der Waals surface area contributed by atoms with Gasteiger partial charge in [0.25, 0.3) is 5.89 Å². The Kier molecular flexibility index (Phi) is 3.48. The second-order valence-corrected chi connectivity index (χ2v) is 6.68. The molecule has 0 bridgehead atoms. The van der Waals surface area contributed by atoms with Gasteiger partial charge in [-0.05, 0) is 55.3 Å². The summed E-state index contributed by atoms with van der Waals surface area (Å²) in [6, 6.07) is 8.06. The molecule has 1 aliphatic carbocycles. The Balaban J connectivity index is 1.35. The molecule has 2 aromatic heterocycles. The molecule has 0 atom stereocenters. The summed E-state index contributed by atoms with van der Waals surface area (Å²) < 4.78 is 7.20. The number of fused-ring (bicyclic) bond motifs is 1. The van der Waals surface area contributed by atoms with E-state index < -0.39 is 0 Å². The van der Waals surface area contributed by atoms with Crippen molar-refractivity contribution in [2.45, 2.75) is 19.8 Å². The maximum absolute atomic E-state index is 5.22. The first kappa shape index (κ1) is 15.1. The van der Waals surface area contributed by atoms with E-state index in [1.807, 2.05) is 35.9 Å². The van der Waals surface area contributed by atoms with E-state index in [2.05, 4.69) is 39.5 Å². The third kappa shape index (κ3) is 2.63. The molecule has 3 heterocycles. The summed E-state index contributed by atoms with van der Waals surface area (Å²) in [5.41, 5.74) is 5.84. The average Bonchev–Trinajstić information content (AvgIpc) is 3.18. The third-order valence-corrected chi connectivity index (χ3v) is 4.95. The number of rotatable bonds is 3. The topological polar surface area (TPSA) is 60.0 Å². The first-order valence-corrected chi connectivity index (χ1v) is 8.88. The van der Waals surface area contributed by atoms with Crippen molar-refractivity contribution >= 4 is 0 Å². The van der Waals surface area contributed by atoms with Crippen molar-refractivity contribution in [2.75, 3.05) is 13.1 Å². The lowest BCUT2D eigenvalue weighted by Gasteiger charge is -2.26. The van der Waals surface area contributed by atoms with Crippen LogP contribution in [0.5, 0.6) is 0 Å². The Morgan fingerprint density at radius 2 is 1.88 bits per heavy atom. The summed E-state index contributed by atoms with van der Waals surface area (Å²) >= 11 is 0. The molecule has 0 saturated heterocycles. The van der Waals surface area contributed by atoms with Gasteiger partial charge in [-0.1, -0.05) is 11.2 Å². The fourth-order valence-corrected chi connectivity index (χ4v) is 3.43. The van der Waals surface area contributed by atoms with Gasteiger partial charge in [-0.15, -0.1) is 0 Å². The number of aryl methyl sites for hydroxylation is 1. The van der Waals surface area contributed by atoms with Crippen molar-refractivity contribution in [3.05, 3.63) is 71.5 Å². The van der Waals surface area contributed by atoms with E-state index in [4.69, 9.17) is 9.62 Å². The molecule has 1 aromatic carbocycles. The minimum atomic E-state index is 0.546. The van der Waals surface area contributed by atoms with Crippen LogP contribution in [0.3, 0.4) is 0 Å². The van der Waals surface area contributed by atoms with Gasteiger partial charge in [0.1, 0.15) is 0 Å². The van der Waals surface area contributed by atoms with E-state index in [1.54, 1.807) is 0 Å². The number of hydrogen-bond donors (Lipinski definition) is 0. The minimum Gasteiger partial charge on any atom is -0.371 e. The quantitative estimate of drug-likeness (QED) is 0.730. The van der Waals surface area contributed by atoms with Gasteiger partial charge in [0, 0.05) is 37.0 Å². The molecule has 2 aliphatic rings. The molecule has 26 heavy (non-hydrogen) atoms. The molecule has 0 unspecified atom stereocenters. The number of allylic oxidation sites excluding steroid dienone is 3. The molecular formula is C20H19N5O. The molecule has 130 valence electrons. The molecule has 0 spiro atoms. The molecule has 3 aromatic rings. The summed E-state index contributed by atoms with van der Waals surface area (Å²) in [5.74, 6) is 1.19. The Morgan fingerprint density at radius 1 is 1.08 bits per heavy atom. The van der Waals surface area contributed by atoms with Crippen molar-refractivity contribution in [3.8, 4) is 17.1 Å². The zero-order valence-electron chi connectivity index (χ0n) is 14.6. The van der Waals surface area contributed by atoms with Crippen LogP contribution in [-0.2, 0) is 12.8 Å². The molecule has 0 N–H and O–H groups in total. The van der Waals surface area contributed by atoms with E-state index in [9.17, 15) is 0 Å². The number of hydrogen-bond acceptors (Lipinski definition) is 5. The molecule has 6 nitrogen and oxygen atoms in total. The first-order valence-electron chi connectivity index (χ1n) is 8.88. The normalized spacial score (nSPS) is 16.0. The van der Waals surface area contributed by atoms with Crippen LogP contribution in [0, 0.1) is 6.92 Å².